The van der Waals surface area contributed by atoms with E-state index in [1.54, 1.807) is 24.3 Å². The van der Waals surface area contributed by atoms with Crippen molar-refractivity contribution in [3.8, 4) is 0 Å². The summed E-state index contributed by atoms with van der Waals surface area (Å²) < 4.78 is 13.7. The molecule has 24 heavy (non-hydrogen) atoms. The fourth-order valence-electron chi connectivity index (χ4n) is 2.25. The van der Waals surface area contributed by atoms with Crippen LogP contribution in [-0.4, -0.2) is 27.8 Å². The number of halogens is 1. The van der Waals surface area contributed by atoms with Gasteiger partial charge in [0.05, 0.1) is 5.56 Å². The predicted molar refractivity (Wildman–Crippen MR) is 90.5 cm³/mol. The number of rotatable bonds is 4. The molecule has 8 heteroatoms. The minimum atomic E-state index is -0.578. The lowest BCUT2D eigenvalue weighted by molar-refractivity contribution is 0.102. The average Bonchev–Trinajstić information content (AvgIpc) is 3.05. The Labute approximate surface area is 140 Å². The Morgan fingerprint density at radius 2 is 2.04 bits per heavy atom. The number of aromatic nitrogens is 1. The largest absolute Gasteiger partial charge is 0.306 e. The molecular formula is C16H19FN6O. The number of anilines is 1. The molecule has 2 aromatic rings. The SMILES string of the molecule is CC(C)N1NNN=C1c1cccc(NC(=O)c2ccccc2F)n1.[HH]. The summed E-state index contributed by atoms with van der Waals surface area (Å²) >= 11 is 0. The smallest absolute Gasteiger partial charge is 0.259 e. The lowest BCUT2D eigenvalue weighted by atomic mass is 10.2. The van der Waals surface area contributed by atoms with Crippen molar-refractivity contribution in [1.29, 1.82) is 0 Å². The van der Waals surface area contributed by atoms with E-state index in [4.69, 9.17) is 0 Å². The summed E-state index contributed by atoms with van der Waals surface area (Å²) in [5.74, 6) is -0.208. The molecule has 0 saturated heterocycles. The zero-order chi connectivity index (χ0) is 17.1. The van der Waals surface area contributed by atoms with Gasteiger partial charge in [-0.25, -0.2) is 14.9 Å². The molecule has 3 rings (SSSR count). The van der Waals surface area contributed by atoms with E-state index in [0.717, 1.165) is 0 Å². The molecule has 1 aromatic carbocycles. The van der Waals surface area contributed by atoms with Crippen LogP contribution in [0.3, 0.4) is 0 Å². The van der Waals surface area contributed by atoms with Crippen LogP contribution in [0.5, 0.6) is 0 Å². The fourth-order valence-corrected chi connectivity index (χ4v) is 2.25. The number of carbonyl (C=O) groups excluding carboxylic acids is 1. The number of hydrazine groups is 2. The molecule has 126 valence electrons. The number of nitrogens with one attached hydrogen (secondary N) is 3. The van der Waals surface area contributed by atoms with Crippen LogP contribution in [0.15, 0.2) is 47.6 Å². The van der Waals surface area contributed by atoms with Crippen LogP contribution in [0.4, 0.5) is 10.2 Å². The Hall–Kier alpha value is -3.00. The maximum Gasteiger partial charge on any atom is 0.259 e. The Kier molecular flexibility index (Phi) is 4.39. The molecule has 0 bridgehead atoms. The van der Waals surface area contributed by atoms with Gasteiger partial charge >= 0.3 is 0 Å². The number of carbonyl (C=O) groups is 1. The van der Waals surface area contributed by atoms with E-state index in [9.17, 15) is 9.18 Å². The zero-order valence-corrected chi connectivity index (χ0v) is 13.2. The number of benzene rings is 1. The molecule has 1 aliphatic rings. The molecule has 3 N–H and O–H groups in total. The standard InChI is InChI=1S/C16H17FN6O.H2/c1-10(2)23-15(20-21-22-23)13-8-5-9-14(18-13)19-16(24)11-6-3-4-7-12(11)17;/h3-10,21-22H,1-2H3,(H,18,19,24);1H. The third-order valence-corrected chi connectivity index (χ3v) is 3.42. The lowest BCUT2D eigenvalue weighted by Crippen LogP contribution is -2.45. The molecule has 0 saturated carbocycles. The van der Waals surface area contributed by atoms with Gasteiger partial charge < -0.3 is 5.32 Å². The predicted octanol–water partition coefficient (Wildman–Crippen LogP) is 2.11. The molecule has 0 spiro atoms. The lowest BCUT2D eigenvalue weighted by Gasteiger charge is -2.22. The first-order chi connectivity index (χ1) is 11.6. The van der Waals surface area contributed by atoms with Crippen molar-refractivity contribution in [2.45, 2.75) is 19.9 Å². The highest BCUT2D eigenvalue weighted by molar-refractivity contribution is 6.04. The topological polar surface area (TPSA) is 81.6 Å². The maximum absolute atomic E-state index is 13.7. The summed E-state index contributed by atoms with van der Waals surface area (Å²) in [6.45, 7) is 4.00. The van der Waals surface area contributed by atoms with E-state index in [-0.39, 0.29) is 13.0 Å². The van der Waals surface area contributed by atoms with Gasteiger partial charge in [0, 0.05) is 7.47 Å². The highest BCUT2D eigenvalue weighted by Crippen LogP contribution is 2.13. The van der Waals surface area contributed by atoms with Crippen molar-refractivity contribution in [3.63, 3.8) is 0 Å². The number of hydrogen-bond donors (Lipinski definition) is 3. The monoisotopic (exact) mass is 330 g/mol. The van der Waals surface area contributed by atoms with E-state index in [0.29, 0.717) is 17.3 Å². The van der Waals surface area contributed by atoms with Gasteiger partial charge in [-0.1, -0.05) is 18.2 Å². The first-order valence-corrected chi connectivity index (χ1v) is 7.47. The van der Waals surface area contributed by atoms with Gasteiger partial charge in [-0.05, 0) is 38.1 Å². The second kappa shape index (κ2) is 6.63. The van der Waals surface area contributed by atoms with Crippen molar-refractivity contribution in [3.05, 3.63) is 59.5 Å². The van der Waals surface area contributed by atoms with E-state index in [2.05, 4.69) is 26.5 Å². The highest BCUT2D eigenvalue weighted by Gasteiger charge is 2.22. The van der Waals surface area contributed by atoms with Gasteiger partial charge in [0.15, 0.2) is 5.84 Å². The van der Waals surface area contributed by atoms with Crippen LogP contribution >= 0.6 is 0 Å². The van der Waals surface area contributed by atoms with Gasteiger partial charge in [-0.15, -0.1) is 10.6 Å². The average molecular weight is 330 g/mol. The van der Waals surface area contributed by atoms with Crippen LogP contribution < -0.4 is 16.4 Å². The Bertz CT molecular complexity index is 798. The number of nitrogens with zero attached hydrogens (tertiary/aromatic N) is 3. The Morgan fingerprint density at radius 1 is 1.25 bits per heavy atom. The maximum atomic E-state index is 13.7. The van der Waals surface area contributed by atoms with Crippen LogP contribution in [0.2, 0.25) is 0 Å². The first kappa shape index (κ1) is 15.9. The van der Waals surface area contributed by atoms with Crippen molar-refractivity contribution >= 4 is 17.6 Å². The van der Waals surface area contributed by atoms with E-state index < -0.39 is 11.7 Å². The third kappa shape index (κ3) is 3.18. The molecule has 0 aliphatic carbocycles. The summed E-state index contributed by atoms with van der Waals surface area (Å²) in [6.07, 6.45) is 0. The van der Waals surface area contributed by atoms with Crippen LogP contribution in [0.1, 0.15) is 31.3 Å². The number of hydrazone groups is 1. The van der Waals surface area contributed by atoms with Crippen LogP contribution in [0.25, 0.3) is 0 Å². The number of amides is 1. The minimum Gasteiger partial charge on any atom is -0.306 e. The Balaban J connectivity index is 0.00000225. The molecule has 0 unspecified atom stereocenters. The molecule has 0 atom stereocenters. The molecule has 0 fully saturated rings. The normalized spacial score (nSPS) is 13.7. The first-order valence-electron chi connectivity index (χ1n) is 7.47. The van der Waals surface area contributed by atoms with Gasteiger partial charge in [0.25, 0.3) is 5.91 Å². The molecule has 0 radical (unpaired) electrons. The quantitative estimate of drug-likeness (QED) is 0.800. The van der Waals surface area contributed by atoms with Gasteiger partial charge in [0.1, 0.15) is 17.3 Å². The van der Waals surface area contributed by atoms with E-state index in [1.807, 2.05) is 18.9 Å². The molecule has 2 heterocycles. The van der Waals surface area contributed by atoms with Crippen LogP contribution in [0, 0.1) is 5.82 Å². The summed E-state index contributed by atoms with van der Waals surface area (Å²) in [7, 11) is 0. The summed E-state index contributed by atoms with van der Waals surface area (Å²) in [4.78, 5) is 16.6. The summed E-state index contributed by atoms with van der Waals surface area (Å²) in [6, 6.07) is 11.1. The van der Waals surface area contributed by atoms with Gasteiger partial charge in [0.2, 0.25) is 0 Å². The number of pyridine rings is 1. The molecule has 1 aliphatic heterocycles. The van der Waals surface area contributed by atoms with Gasteiger partial charge in [-0.2, -0.15) is 0 Å². The van der Waals surface area contributed by atoms with E-state index in [1.165, 1.54) is 18.2 Å². The minimum absolute atomic E-state index is 0. The van der Waals surface area contributed by atoms with Crippen molar-refractivity contribution in [2.75, 3.05) is 5.32 Å². The molecule has 7 nitrogen and oxygen atoms in total. The van der Waals surface area contributed by atoms with Crippen molar-refractivity contribution < 1.29 is 10.6 Å². The second-order valence-corrected chi connectivity index (χ2v) is 5.46. The number of amidine groups is 1. The summed E-state index contributed by atoms with van der Waals surface area (Å²) in [5.41, 5.74) is 6.13. The molecule has 1 amide bonds. The van der Waals surface area contributed by atoms with Crippen LogP contribution in [-0.2, 0) is 0 Å². The third-order valence-electron chi connectivity index (χ3n) is 3.42. The molecular weight excluding hydrogens is 311 g/mol. The summed E-state index contributed by atoms with van der Waals surface area (Å²) in [5, 5.41) is 8.56. The van der Waals surface area contributed by atoms with E-state index >= 15 is 0 Å². The van der Waals surface area contributed by atoms with Gasteiger partial charge in [-0.3, -0.25) is 9.80 Å². The van der Waals surface area contributed by atoms with Crippen molar-refractivity contribution in [2.24, 2.45) is 5.10 Å². The number of hydrogen-bond acceptors (Lipinski definition) is 6. The molecule has 1 aromatic heterocycles. The van der Waals surface area contributed by atoms with Crippen molar-refractivity contribution in [1.82, 2.24) is 21.1 Å². The zero-order valence-electron chi connectivity index (χ0n) is 13.2. The second-order valence-electron chi connectivity index (χ2n) is 5.46. The Morgan fingerprint density at radius 3 is 2.79 bits per heavy atom. The fraction of sp³-hybridized carbons (Fsp3) is 0.188. The highest BCUT2D eigenvalue weighted by atomic mass is 19.1.